The first-order valence-corrected chi connectivity index (χ1v) is 10.9. The van der Waals surface area contributed by atoms with Crippen molar-refractivity contribution in [2.45, 2.75) is 6.54 Å². The van der Waals surface area contributed by atoms with Gasteiger partial charge >= 0.3 is 0 Å². The maximum Gasteiger partial charge on any atom is 0.279 e. The number of hydrogen-bond acceptors (Lipinski definition) is 2. The second-order valence-electron chi connectivity index (χ2n) is 7.28. The Morgan fingerprint density at radius 3 is 2.35 bits per heavy atom. The van der Waals surface area contributed by atoms with Gasteiger partial charge in [-0.2, -0.15) is 4.99 Å². The molecule has 5 rings (SSSR count). The Balaban J connectivity index is 1.58. The third-order valence-corrected chi connectivity index (χ3v) is 6.45. The highest BCUT2D eigenvalue weighted by atomic mass is 32.1. The van der Waals surface area contributed by atoms with E-state index >= 15 is 0 Å². The fraction of sp³-hybridized carbons (Fsp3) is 0.0370. The van der Waals surface area contributed by atoms with Gasteiger partial charge in [0.25, 0.3) is 5.91 Å². The van der Waals surface area contributed by atoms with Crippen LogP contribution >= 0.6 is 11.3 Å². The Kier molecular flexibility index (Phi) is 5.06. The van der Waals surface area contributed by atoms with E-state index in [-0.39, 0.29) is 5.91 Å². The molecule has 0 aliphatic heterocycles. The lowest BCUT2D eigenvalue weighted by Gasteiger charge is -2.03. The minimum atomic E-state index is -0.242. The number of fused-ring (bicyclic) bond motifs is 3. The third kappa shape index (κ3) is 3.62. The summed E-state index contributed by atoms with van der Waals surface area (Å²) in [6.45, 7) is 4.47. The molecule has 1 heterocycles. The van der Waals surface area contributed by atoms with E-state index in [9.17, 15) is 4.79 Å². The molecule has 0 N–H and O–H groups in total. The van der Waals surface area contributed by atoms with E-state index in [4.69, 9.17) is 0 Å². The van der Waals surface area contributed by atoms with E-state index in [2.05, 4.69) is 52.5 Å². The van der Waals surface area contributed by atoms with Gasteiger partial charge < -0.3 is 4.57 Å². The van der Waals surface area contributed by atoms with E-state index in [1.165, 1.54) is 10.8 Å². The van der Waals surface area contributed by atoms with Gasteiger partial charge in [-0.3, -0.25) is 4.79 Å². The minimum absolute atomic E-state index is 0.242. The van der Waals surface area contributed by atoms with Crippen LogP contribution in [0.1, 0.15) is 10.4 Å². The van der Waals surface area contributed by atoms with Gasteiger partial charge in [0, 0.05) is 17.5 Å². The summed E-state index contributed by atoms with van der Waals surface area (Å²) >= 11 is 1.54. The van der Waals surface area contributed by atoms with E-state index < -0.39 is 0 Å². The lowest BCUT2D eigenvalue weighted by molar-refractivity contribution is 0.0998. The van der Waals surface area contributed by atoms with E-state index in [1.54, 1.807) is 11.3 Å². The predicted octanol–water partition coefficient (Wildman–Crippen LogP) is 6.45. The standard InChI is InChI=1S/C27H20N2OS/c1-2-18-29-24-17-16-21-10-6-7-11-23(21)25(24)31-27(29)28-26(30)22-14-12-20(13-15-22)19-8-4-3-5-9-19/h2-17H,1,18H2. The van der Waals surface area contributed by atoms with Gasteiger partial charge in [0.15, 0.2) is 4.80 Å². The highest BCUT2D eigenvalue weighted by Gasteiger charge is 2.11. The van der Waals surface area contributed by atoms with Crippen LogP contribution < -0.4 is 4.80 Å². The average Bonchev–Trinajstić information content (AvgIpc) is 3.17. The molecule has 1 amide bonds. The van der Waals surface area contributed by atoms with Crippen LogP contribution in [0.5, 0.6) is 0 Å². The molecule has 0 spiro atoms. The monoisotopic (exact) mass is 420 g/mol. The Labute approximate surface area is 184 Å². The molecule has 0 unspecified atom stereocenters. The lowest BCUT2D eigenvalue weighted by Crippen LogP contribution is -2.16. The molecule has 5 aromatic rings. The quantitative estimate of drug-likeness (QED) is 0.308. The van der Waals surface area contributed by atoms with Crippen molar-refractivity contribution in [1.29, 1.82) is 0 Å². The maximum atomic E-state index is 13.0. The molecule has 3 nitrogen and oxygen atoms in total. The fourth-order valence-corrected chi connectivity index (χ4v) is 4.95. The normalized spacial score (nSPS) is 11.8. The highest BCUT2D eigenvalue weighted by molar-refractivity contribution is 7.17. The molecule has 0 fully saturated rings. The van der Waals surface area contributed by atoms with Crippen molar-refractivity contribution in [1.82, 2.24) is 4.57 Å². The maximum absolute atomic E-state index is 13.0. The fourth-order valence-electron chi connectivity index (χ4n) is 3.78. The predicted molar refractivity (Wildman–Crippen MR) is 129 cm³/mol. The summed E-state index contributed by atoms with van der Waals surface area (Å²) in [4.78, 5) is 18.1. The zero-order valence-electron chi connectivity index (χ0n) is 16.9. The number of thiazole rings is 1. The Bertz CT molecular complexity index is 1480. The van der Waals surface area contributed by atoms with Crippen molar-refractivity contribution in [2.24, 2.45) is 4.99 Å². The molecule has 0 bridgehead atoms. The van der Waals surface area contributed by atoms with E-state index in [1.807, 2.05) is 60.7 Å². The molecule has 0 saturated carbocycles. The van der Waals surface area contributed by atoms with Crippen LogP contribution in [0.4, 0.5) is 0 Å². The number of nitrogens with zero attached hydrogens (tertiary/aromatic N) is 2. The van der Waals surface area contributed by atoms with Gasteiger partial charge in [-0.15, -0.1) is 6.58 Å². The summed E-state index contributed by atoms with van der Waals surface area (Å²) in [5.74, 6) is -0.242. The zero-order valence-corrected chi connectivity index (χ0v) is 17.7. The summed E-state index contributed by atoms with van der Waals surface area (Å²) in [7, 11) is 0. The third-order valence-electron chi connectivity index (χ3n) is 5.32. The number of carbonyl (C=O) groups excluding carboxylic acids is 1. The average molecular weight is 421 g/mol. The first-order chi connectivity index (χ1) is 15.2. The van der Waals surface area contributed by atoms with Crippen LogP contribution in [0.25, 0.3) is 32.1 Å². The number of benzene rings is 4. The molecule has 0 radical (unpaired) electrons. The van der Waals surface area contributed by atoms with Crippen molar-refractivity contribution >= 4 is 38.2 Å². The van der Waals surface area contributed by atoms with E-state index in [0.29, 0.717) is 16.9 Å². The van der Waals surface area contributed by atoms with Gasteiger partial charge in [-0.1, -0.05) is 90.2 Å². The van der Waals surface area contributed by atoms with Crippen LogP contribution in [-0.4, -0.2) is 10.5 Å². The molecule has 1 aromatic heterocycles. The van der Waals surface area contributed by atoms with Crippen molar-refractivity contribution in [3.8, 4) is 11.1 Å². The molecule has 150 valence electrons. The van der Waals surface area contributed by atoms with Gasteiger partial charge in [0.05, 0.1) is 10.2 Å². The number of allylic oxidation sites excluding steroid dienone is 1. The van der Waals surface area contributed by atoms with Crippen LogP contribution in [0.3, 0.4) is 0 Å². The van der Waals surface area contributed by atoms with Gasteiger partial charge in [-0.25, -0.2) is 0 Å². The molecule has 0 aliphatic carbocycles. The second-order valence-corrected chi connectivity index (χ2v) is 8.26. The number of amides is 1. The summed E-state index contributed by atoms with van der Waals surface area (Å²) < 4.78 is 3.18. The Hall–Kier alpha value is -3.76. The van der Waals surface area contributed by atoms with E-state index in [0.717, 1.165) is 21.3 Å². The SMILES string of the molecule is C=CCn1c(=NC(=O)c2ccc(-c3ccccc3)cc2)sc2c3ccccc3ccc21. The zero-order chi connectivity index (χ0) is 21.2. The molecule has 0 aliphatic rings. The first-order valence-electron chi connectivity index (χ1n) is 10.1. The van der Waals surface area contributed by atoms with Crippen molar-refractivity contribution in [3.05, 3.63) is 114 Å². The largest absolute Gasteiger partial charge is 0.312 e. The molecule has 4 heteroatoms. The smallest absolute Gasteiger partial charge is 0.279 e. The van der Waals surface area contributed by atoms with Crippen LogP contribution in [0, 0.1) is 0 Å². The van der Waals surface area contributed by atoms with Gasteiger partial charge in [-0.05, 0) is 34.7 Å². The van der Waals surface area contributed by atoms with Crippen molar-refractivity contribution in [3.63, 3.8) is 0 Å². The molecule has 0 saturated heterocycles. The first kappa shape index (κ1) is 19.2. The molecule has 31 heavy (non-hydrogen) atoms. The number of carbonyl (C=O) groups is 1. The molecular weight excluding hydrogens is 400 g/mol. The topological polar surface area (TPSA) is 34.4 Å². The van der Waals surface area contributed by atoms with Crippen LogP contribution in [0.15, 0.2) is 109 Å². The van der Waals surface area contributed by atoms with Crippen LogP contribution in [-0.2, 0) is 6.54 Å². The second kappa shape index (κ2) is 8.17. The summed E-state index contributed by atoms with van der Waals surface area (Å²) in [5, 5.41) is 2.35. The summed E-state index contributed by atoms with van der Waals surface area (Å²) in [6, 6.07) is 30.2. The summed E-state index contributed by atoms with van der Waals surface area (Å²) in [6.07, 6.45) is 1.83. The van der Waals surface area contributed by atoms with Crippen molar-refractivity contribution in [2.75, 3.05) is 0 Å². The molecule has 4 aromatic carbocycles. The summed E-state index contributed by atoms with van der Waals surface area (Å²) in [5.41, 5.74) is 3.84. The lowest BCUT2D eigenvalue weighted by atomic mass is 10.0. The Morgan fingerprint density at radius 2 is 1.58 bits per heavy atom. The highest BCUT2D eigenvalue weighted by Crippen LogP contribution is 2.27. The Morgan fingerprint density at radius 1 is 0.871 bits per heavy atom. The number of hydrogen-bond donors (Lipinski definition) is 0. The minimum Gasteiger partial charge on any atom is -0.312 e. The van der Waals surface area contributed by atoms with Crippen molar-refractivity contribution < 1.29 is 4.79 Å². The van der Waals surface area contributed by atoms with Crippen LogP contribution in [0.2, 0.25) is 0 Å². The van der Waals surface area contributed by atoms with Gasteiger partial charge in [0.1, 0.15) is 0 Å². The molecule has 0 atom stereocenters. The molecular formula is C27H20N2OS. The number of rotatable bonds is 4. The number of aromatic nitrogens is 1. The van der Waals surface area contributed by atoms with Gasteiger partial charge in [0.2, 0.25) is 0 Å².